The molecule has 0 aliphatic heterocycles. The molecule has 0 atom stereocenters. The summed E-state index contributed by atoms with van der Waals surface area (Å²) in [6, 6.07) is 13.1. The van der Waals surface area contributed by atoms with E-state index in [1.54, 1.807) is 18.2 Å². The number of methoxy groups -OCH3 is 1. The lowest BCUT2D eigenvalue weighted by Crippen LogP contribution is -2.14. The van der Waals surface area contributed by atoms with E-state index >= 15 is 0 Å². The van der Waals surface area contributed by atoms with Crippen LogP contribution in [0.2, 0.25) is 0 Å². The largest absolute Gasteiger partial charge is 0.504 e. The van der Waals surface area contributed by atoms with Crippen molar-refractivity contribution in [2.45, 2.75) is 38.0 Å². The Bertz CT molecular complexity index is 721. The Morgan fingerprint density at radius 3 is 2.75 bits per heavy atom. The third-order valence-corrected chi connectivity index (χ3v) is 4.61. The van der Waals surface area contributed by atoms with E-state index < -0.39 is 0 Å². The van der Waals surface area contributed by atoms with Gasteiger partial charge in [0.2, 0.25) is 5.91 Å². The standard InChI is InChI=1S/C20H23NO3/c1-24-19-11-14(9-10-18(19)22)12-20(23)21-17-8-4-7-16(13-17)15-5-2-3-6-15/h4,7-11,13,15,22H,2-3,5-6,12H2,1H3,(H,21,23). The first kappa shape index (κ1) is 16.4. The first-order valence-electron chi connectivity index (χ1n) is 8.41. The molecule has 0 radical (unpaired) electrons. The smallest absolute Gasteiger partial charge is 0.228 e. The number of aromatic hydroxyl groups is 1. The van der Waals surface area contributed by atoms with Crippen LogP contribution in [0.4, 0.5) is 5.69 Å². The van der Waals surface area contributed by atoms with Crippen molar-refractivity contribution in [2.75, 3.05) is 12.4 Å². The number of carbonyl (C=O) groups is 1. The minimum Gasteiger partial charge on any atom is -0.504 e. The van der Waals surface area contributed by atoms with Gasteiger partial charge in [-0.2, -0.15) is 0 Å². The average Bonchev–Trinajstić information content (AvgIpc) is 3.11. The molecule has 2 aromatic carbocycles. The fourth-order valence-electron chi connectivity index (χ4n) is 3.35. The molecule has 0 spiro atoms. The molecule has 0 unspecified atom stereocenters. The van der Waals surface area contributed by atoms with Crippen LogP contribution in [0.1, 0.15) is 42.7 Å². The SMILES string of the molecule is COc1cc(CC(=O)Nc2cccc(C3CCCC3)c2)ccc1O. The molecule has 1 fully saturated rings. The Morgan fingerprint density at radius 2 is 2.00 bits per heavy atom. The molecule has 24 heavy (non-hydrogen) atoms. The van der Waals surface area contributed by atoms with Crippen molar-refractivity contribution < 1.29 is 14.6 Å². The molecular weight excluding hydrogens is 302 g/mol. The zero-order valence-corrected chi connectivity index (χ0v) is 13.9. The third-order valence-electron chi connectivity index (χ3n) is 4.61. The first-order chi connectivity index (χ1) is 11.7. The lowest BCUT2D eigenvalue weighted by molar-refractivity contribution is -0.115. The molecule has 3 rings (SSSR count). The minimum atomic E-state index is -0.0775. The van der Waals surface area contributed by atoms with Crippen LogP contribution in [0.25, 0.3) is 0 Å². The van der Waals surface area contributed by atoms with Crippen LogP contribution in [-0.2, 0) is 11.2 Å². The highest BCUT2D eigenvalue weighted by atomic mass is 16.5. The van der Waals surface area contributed by atoms with Crippen molar-refractivity contribution in [1.82, 2.24) is 0 Å². The highest BCUT2D eigenvalue weighted by molar-refractivity contribution is 5.92. The molecule has 0 heterocycles. The Hall–Kier alpha value is -2.49. The zero-order chi connectivity index (χ0) is 16.9. The number of amides is 1. The normalized spacial score (nSPS) is 14.5. The summed E-state index contributed by atoms with van der Waals surface area (Å²) in [6.45, 7) is 0. The van der Waals surface area contributed by atoms with Gasteiger partial charge in [0.05, 0.1) is 13.5 Å². The number of phenolic OH excluding ortho intramolecular Hbond substituents is 1. The van der Waals surface area contributed by atoms with Gasteiger partial charge in [0.15, 0.2) is 11.5 Å². The van der Waals surface area contributed by atoms with Gasteiger partial charge in [0.1, 0.15) is 0 Å². The topological polar surface area (TPSA) is 58.6 Å². The predicted molar refractivity (Wildman–Crippen MR) is 94.6 cm³/mol. The maximum absolute atomic E-state index is 12.3. The number of benzene rings is 2. The van der Waals surface area contributed by atoms with Crippen molar-refractivity contribution in [3.63, 3.8) is 0 Å². The van der Waals surface area contributed by atoms with E-state index in [-0.39, 0.29) is 18.1 Å². The van der Waals surface area contributed by atoms with Gasteiger partial charge in [-0.05, 0) is 54.2 Å². The van der Waals surface area contributed by atoms with Gasteiger partial charge in [0, 0.05) is 5.69 Å². The van der Waals surface area contributed by atoms with Gasteiger partial charge in [-0.3, -0.25) is 4.79 Å². The fraction of sp³-hybridized carbons (Fsp3) is 0.350. The first-order valence-corrected chi connectivity index (χ1v) is 8.41. The van der Waals surface area contributed by atoms with Crippen molar-refractivity contribution in [3.05, 3.63) is 53.6 Å². The van der Waals surface area contributed by atoms with Crippen LogP contribution in [0.5, 0.6) is 11.5 Å². The summed E-state index contributed by atoms with van der Waals surface area (Å²) in [5.74, 6) is 1.00. The molecule has 0 aromatic heterocycles. The molecule has 1 saturated carbocycles. The summed E-state index contributed by atoms with van der Waals surface area (Å²) in [7, 11) is 1.49. The molecule has 2 aromatic rings. The summed E-state index contributed by atoms with van der Waals surface area (Å²) >= 11 is 0. The maximum Gasteiger partial charge on any atom is 0.228 e. The number of nitrogens with one attached hydrogen (secondary N) is 1. The van der Waals surface area contributed by atoms with E-state index in [1.807, 2.05) is 12.1 Å². The molecule has 1 aliphatic rings. The van der Waals surface area contributed by atoms with Crippen LogP contribution in [0.15, 0.2) is 42.5 Å². The number of hydrogen-bond donors (Lipinski definition) is 2. The van der Waals surface area contributed by atoms with Crippen LogP contribution in [0.3, 0.4) is 0 Å². The summed E-state index contributed by atoms with van der Waals surface area (Å²) in [6.07, 6.45) is 5.31. The van der Waals surface area contributed by atoms with Crippen LogP contribution in [0, 0.1) is 0 Å². The van der Waals surface area contributed by atoms with Gasteiger partial charge in [-0.1, -0.05) is 31.0 Å². The Kier molecular flexibility index (Phi) is 5.04. The van der Waals surface area contributed by atoms with Crippen molar-refractivity contribution >= 4 is 11.6 Å². The minimum absolute atomic E-state index is 0.0749. The van der Waals surface area contributed by atoms with E-state index in [1.165, 1.54) is 38.4 Å². The molecule has 0 bridgehead atoms. The Labute approximate surface area is 142 Å². The fourth-order valence-corrected chi connectivity index (χ4v) is 3.35. The predicted octanol–water partition coefficient (Wildman–Crippen LogP) is 4.24. The second kappa shape index (κ2) is 7.39. The molecule has 4 heteroatoms. The molecular formula is C20H23NO3. The number of hydrogen-bond acceptors (Lipinski definition) is 3. The van der Waals surface area contributed by atoms with Gasteiger partial charge in [-0.25, -0.2) is 0 Å². The van der Waals surface area contributed by atoms with Gasteiger partial charge in [-0.15, -0.1) is 0 Å². The quantitative estimate of drug-likeness (QED) is 0.864. The Morgan fingerprint density at radius 1 is 1.21 bits per heavy atom. The summed E-state index contributed by atoms with van der Waals surface area (Å²) < 4.78 is 5.08. The molecule has 1 aliphatic carbocycles. The maximum atomic E-state index is 12.3. The summed E-state index contributed by atoms with van der Waals surface area (Å²) in [5.41, 5.74) is 2.96. The lowest BCUT2D eigenvalue weighted by atomic mass is 9.97. The van der Waals surface area contributed by atoms with Gasteiger partial charge >= 0.3 is 0 Å². The van der Waals surface area contributed by atoms with E-state index in [2.05, 4.69) is 17.4 Å². The second-order valence-corrected chi connectivity index (χ2v) is 6.34. The highest BCUT2D eigenvalue weighted by Crippen LogP contribution is 2.35. The third kappa shape index (κ3) is 3.88. The van der Waals surface area contributed by atoms with Crippen LogP contribution < -0.4 is 10.1 Å². The lowest BCUT2D eigenvalue weighted by Gasteiger charge is -2.12. The Balaban J connectivity index is 1.65. The van der Waals surface area contributed by atoms with E-state index in [0.29, 0.717) is 11.7 Å². The van der Waals surface area contributed by atoms with Gasteiger partial charge in [0.25, 0.3) is 0 Å². The second-order valence-electron chi connectivity index (χ2n) is 6.34. The number of carbonyl (C=O) groups excluding carboxylic acids is 1. The van der Waals surface area contributed by atoms with E-state index in [9.17, 15) is 9.90 Å². The summed E-state index contributed by atoms with van der Waals surface area (Å²) in [4.78, 5) is 12.3. The van der Waals surface area contributed by atoms with E-state index in [0.717, 1.165) is 11.3 Å². The van der Waals surface area contributed by atoms with Crippen molar-refractivity contribution in [3.8, 4) is 11.5 Å². The monoisotopic (exact) mass is 325 g/mol. The van der Waals surface area contributed by atoms with Gasteiger partial charge < -0.3 is 15.2 Å². The molecule has 4 nitrogen and oxygen atoms in total. The van der Waals surface area contributed by atoms with E-state index in [4.69, 9.17) is 4.74 Å². The number of anilines is 1. The number of phenols is 1. The number of ether oxygens (including phenoxy) is 1. The molecule has 1 amide bonds. The summed E-state index contributed by atoms with van der Waals surface area (Å²) in [5, 5.41) is 12.6. The van der Waals surface area contributed by atoms with Crippen LogP contribution in [-0.4, -0.2) is 18.1 Å². The van der Waals surface area contributed by atoms with Crippen molar-refractivity contribution in [2.24, 2.45) is 0 Å². The average molecular weight is 325 g/mol. The van der Waals surface area contributed by atoms with Crippen molar-refractivity contribution in [1.29, 1.82) is 0 Å². The van der Waals surface area contributed by atoms with Crippen LogP contribution >= 0.6 is 0 Å². The molecule has 126 valence electrons. The highest BCUT2D eigenvalue weighted by Gasteiger charge is 2.17. The number of rotatable bonds is 5. The molecule has 0 saturated heterocycles. The zero-order valence-electron chi connectivity index (χ0n) is 13.9. The molecule has 2 N–H and O–H groups in total.